The molecule has 0 aliphatic carbocycles. The first-order valence-corrected chi connectivity index (χ1v) is 9.56. The second-order valence-electron chi connectivity index (χ2n) is 5.17. The lowest BCUT2D eigenvalue weighted by atomic mass is 10.3. The number of nitrogens with zero attached hydrogens (tertiary/aromatic N) is 2. The highest BCUT2D eigenvalue weighted by molar-refractivity contribution is 7.88. The van der Waals surface area contributed by atoms with Crippen LogP contribution in [0.3, 0.4) is 0 Å². The molecule has 2 rings (SSSR count). The first-order chi connectivity index (χ1) is 11.4. The van der Waals surface area contributed by atoms with Crippen molar-refractivity contribution < 1.29 is 13.4 Å². The molecule has 0 aromatic carbocycles. The normalized spacial score (nSPS) is 12.9. The van der Waals surface area contributed by atoms with Gasteiger partial charge in [0.05, 0.1) is 11.9 Å². The maximum atomic E-state index is 13.3. The lowest BCUT2D eigenvalue weighted by molar-refractivity contribution is -0.112. The van der Waals surface area contributed by atoms with E-state index in [2.05, 4.69) is 15.3 Å². The fraction of sp³-hybridized carbons (Fsp3) is 0.312. The molecule has 1 atom stereocenters. The number of aryl methyl sites for hydroxylation is 1. The fourth-order valence-corrected chi connectivity index (χ4v) is 3.84. The largest absolute Gasteiger partial charge is 0.312 e. The number of carbonyl (C=O) groups excluding carboxylic acids is 1. The maximum Gasteiger partial charge on any atom is 0.252 e. The Morgan fingerprint density at radius 3 is 2.88 bits per heavy atom. The number of amides is 1. The smallest absolute Gasteiger partial charge is 0.252 e. The molecule has 1 amide bonds. The molecule has 0 spiro atoms. The van der Waals surface area contributed by atoms with Gasteiger partial charge in [-0.25, -0.2) is 9.37 Å². The van der Waals surface area contributed by atoms with Crippen LogP contribution in [0.1, 0.15) is 26.0 Å². The average Bonchev–Trinajstić information content (AvgIpc) is 2.88. The van der Waals surface area contributed by atoms with Gasteiger partial charge >= 0.3 is 0 Å². The number of pyridine rings is 1. The van der Waals surface area contributed by atoms with E-state index in [0.29, 0.717) is 32.6 Å². The number of thiazole rings is 1. The van der Waals surface area contributed by atoms with E-state index in [9.17, 15) is 13.4 Å². The van der Waals surface area contributed by atoms with Gasteiger partial charge in [-0.1, -0.05) is 18.3 Å². The molecule has 0 aliphatic heterocycles. The Hall–Kier alpha value is -1.93. The van der Waals surface area contributed by atoms with Gasteiger partial charge in [-0.05, 0) is 26.3 Å². The summed E-state index contributed by atoms with van der Waals surface area (Å²) in [5, 5.41) is 5.38. The standard InChI is InChI=1S/C16H18FN3O2S2/c1-4-5-24(22)9-10(2)14(21)20-15-11(3)19-16(23-15)12-6-13(17)8-18-7-12/h6-9H,4-5H2,1-3H3,(H,20,21)/b10-9+. The van der Waals surface area contributed by atoms with Crippen LogP contribution in [-0.2, 0) is 15.6 Å². The molecular formula is C16H18FN3O2S2. The number of nitrogens with one attached hydrogen (secondary N) is 1. The van der Waals surface area contributed by atoms with Crippen LogP contribution in [0.25, 0.3) is 10.6 Å². The third-order valence-corrected chi connectivity index (χ3v) is 5.60. The minimum atomic E-state index is -1.15. The van der Waals surface area contributed by atoms with E-state index in [0.717, 1.165) is 12.6 Å². The SMILES string of the molecule is CCCS(=O)/C=C(\C)C(=O)Nc1sc(-c2cncc(F)c2)nc1C. The lowest BCUT2D eigenvalue weighted by Gasteiger charge is -2.03. The number of hydrogen-bond acceptors (Lipinski definition) is 5. The van der Waals surface area contributed by atoms with E-state index >= 15 is 0 Å². The highest BCUT2D eigenvalue weighted by atomic mass is 32.2. The molecule has 0 saturated heterocycles. The quantitative estimate of drug-likeness (QED) is 0.791. The van der Waals surface area contributed by atoms with Crippen molar-refractivity contribution in [1.82, 2.24) is 9.97 Å². The molecular weight excluding hydrogens is 349 g/mol. The van der Waals surface area contributed by atoms with Crippen molar-refractivity contribution in [3.05, 3.63) is 41.0 Å². The number of aromatic nitrogens is 2. The molecule has 0 aliphatic rings. The summed E-state index contributed by atoms with van der Waals surface area (Å²) in [4.78, 5) is 20.3. The minimum Gasteiger partial charge on any atom is -0.312 e. The van der Waals surface area contributed by atoms with Crippen LogP contribution in [0.2, 0.25) is 0 Å². The van der Waals surface area contributed by atoms with E-state index in [1.54, 1.807) is 13.8 Å². The van der Waals surface area contributed by atoms with Crippen molar-refractivity contribution in [2.45, 2.75) is 27.2 Å². The van der Waals surface area contributed by atoms with Gasteiger partial charge in [-0.15, -0.1) is 0 Å². The molecule has 0 bridgehead atoms. The Kier molecular flexibility index (Phi) is 6.33. The summed E-state index contributed by atoms with van der Waals surface area (Å²) < 4.78 is 25.0. The highest BCUT2D eigenvalue weighted by Gasteiger charge is 2.14. The van der Waals surface area contributed by atoms with Gasteiger partial charge in [0, 0.05) is 39.3 Å². The zero-order valence-electron chi connectivity index (χ0n) is 13.6. The Labute approximate surface area is 146 Å². The Balaban J connectivity index is 2.16. The van der Waals surface area contributed by atoms with Crippen molar-refractivity contribution in [1.29, 1.82) is 0 Å². The van der Waals surface area contributed by atoms with E-state index in [1.807, 2.05) is 6.92 Å². The van der Waals surface area contributed by atoms with Gasteiger partial charge in [0.2, 0.25) is 0 Å². The van der Waals surface area contributed by atoms with Gasteiger partial charge < -0.3 is 5.32 Å². The maximum absolute atomic E-state index is 13.3. The molecule has 2 heterocycles. The van der Waals surface area contributed by atoms with Crippen molar-refractivity contribution in [2.75, 3.05) is 11.1 Å². The number of anilines is 1. The third-order valence-electron chi connectivity index (χ3n) is 3.05. The second-order valence-corrected chi connectivity index (χ2v) is 7.57. The first kappa shape index (κ1) is 18.4. The monoisotopic (exact) mass is 367 g/mol. The molecule has 1 unspecified atom stereocenters. The lowest BCUT2D eigenvalue weighted by Crippen LogP contribution is -2.13. The van der Waals surface area contributed by atoms with Crippen molar-refractivity contribution in [2.24, 2.45) is 0 Å². The van der Waals surface area contributed by atoms with E-state index in [1.165, 1.54) is 29.0 Å². The Bertz CT molecular complexity index is 802. The summed E-state index contributed by atoms with van der Waals surface area (Å²) in [6, 6.07) is 1.34. The predicted octanol–water partition coefficient (Wildman–Crippen LogP) is 3.65. The summed E-state index contributed by atoms with van der Waals surface area (Å²) in [5.74, 6) is -0.237. The molecule has 24 heavy (non-hydrogen) atoms. The molecule has 2 aromatic rings. The van der Waals surface area contributed by atoms with Gasteiger partial charge in [0.15, 0.2) is 0 Å². The van der Waals surface area contributed by atoms with Gasteiger partial charge in [0.1, 0.15) is 15.8 Å². The Morgan fingerprint density at radius 2 is 2.21 bits per heavy atom. The third kappa shape index (κ3) is 4.78. The molecule has 2 aromatic heterocycles. The van der Waals surface area contributed by atoms with E-state index in [-0.39, 0.29) is 5.91 Å². The van der Waals surface area contributed by atoms with Crippen LogP contribution in [0.4, 0.5) is 9.39 Å². The van der Waals surface area contributed by atoms with Crippen molar-refractivity contribution >= 4 is 33.0 Å². The second kappa shape index (κ2) is 8.25. The molecule has 1 N–H and O–H groups in total. The summed E-state index contributed by atoms with van der Waals surface area (Å²) in [6.45, 7) is 5.32. The zero-order valence-corrected chi connectivity index (χ0v) is 15.3. The summed E-state index contributed by atoms with van der Waals surface area (Å²) in [6.07, 6.45) is 3.43. The summed E-state index contributed by atoms with van der Waals surface area (Å²) in [7, 11) is -1.15. The molecule has 0 fully saturated rings. The number of hydrogen-bond donors (Lipinski definition) is 1. The fourth-order valence-electron chi connectivity index (χ4n) is 1.88. The average molecular weight is 367 g/mol. The number of rotatable bonds is 6. The summed E-state index contributed by atoms with van der Waals surface area (Å²) in [5.41, 5.74) is 1.58. The summed E-state index contributed by atoms with van der Waals surface area (Å²) >= 11 is 1.24. The predicted molar refractivity (Wildman–Crippen MR) is 95.7 cm³/mol. The number of halogens is 1. The topological polar surface area (TPSA) is 72.0 Å². The molecule has 0 saturated carbocycles. The van der Waals surface area contributed by atoms with Crippen LogP contribution in [0.15, 0.2) is 29.4 Å². The van der Waals surface area contributed by atoms with Crippen LogP contribution in [0, 0.1) is 12.7 Å². The van der Waals surface area contributed by atoms with Crippen LogP contribution >= 0.6 is 11.3 Å². The molecule has 128 valence electrons. The number of carbonyl (C=O) groups is 1. The zero-order chi connectivity index (χ0) is 17.7. The van der Waals surface area contributed by atoms with Crippen molar-refractivity contribution in [3.63, 3.8) is 0 Å². The van der Waals surface area contributed by atoms with Crippen molar-refractivity contribution in [3.8, 4) is 10.6 Å². The molecule has 8 heteroatoms. The van der Waals surface area contributed by atoms with Gasteiger partial charge in [0.25, 0.3) is 5.91 Å². The first-order valence-electron chi connectivity index (χ1n) is 7.36. The Morgan fingerprint density at radius 1 is 1.46 bits per heavy atom. The van der Waals surface area contributed by atoms with Crippen LogP contribution in [0.5, 0.6) is 0 Å². The van der Waals surface area contributed by atoms with Gasteiger partial charge in [-0.3, -0.25) is 14.0 Å². The highest BCUT2D eigenvalue weighted by Crippen LogP contribution is 2.31. The van der Waals surface area contributed by atoms with Crippen LogP contribution in [-0.4, -0.2) is 25.8 Å². The van der Waals surface area contributed by atoms with Crippen LogP contribution < -0.4 is 5.32 Å². The molecule has 0 radical (unpaired) electrons. The minimum absolute atomic E-state index is 0.324. The van der Waals surface area contributed by atoms with E-state index in [4.69, 9.17) is 0 Å². The van der Waals surface area contributed by atoms with E-state index < -0.39 is 16.6 Å². The molecule has 5 nitrogen and oxygen atoms in total. The van der Waals surface area contributed by atoms with Gasteiger partial charge in [-0.2, -0.15) is 0 Å².